The minimum absolute atomic E-state index is 0.00951. The number of aromatic nitrogens is 1. The van der Waals surface area contributed by atoms with E-state index in [1.54, 1.807) is 6.07 Å². The van der Waals surface area contributed by atoms with Crippen molar-refractivity contribution in [1.29, 1.82) is 0 Å². The van der Waals surface area contributed by atoms with Gasteiger partial charge in [-0.15, -0.1) is 0 Å². The van der Waals surface area contributed by atoms with Crippen LogP contribution in [0, 0.1) is 5.82 Å². The zero-order valence-electron chi connectivity index (χ0n) is 17.1. The number of alkyl halides is 3. The van der Waals surface area contributed by atoms with Crippen molar-refractivity contribution in [2.24, 2.45) is 0 Å². The van der Waals surface area contributed by atoms with Crippen LogP contribution < -0.4 is 19.8 Å². The Kier molecular flexibility index (Phi) is 7.50. The lowest BCUT2D eigenvalue weighted by atomic mass is 10.2. The summed E-state index contributed by atoms with van der Waals surface area (Å²) in [6.07, 6.45) is -6.03. The van der Waals surface area contributed by atoms with Gasteiger partial charge in [0.25, 0.3) is 5.56 Å². The van der Waals surface area contributed by atoms with Crippen molar-refractivity contribution in [3.8, 4) is 22.9 Å². The number of nitrogens with zero attached hydrogens (tertiary/aromatic N) is 1. The first kappa shape index (κ1) is 24.4. The van der Waals surface area contributed by atoms with Gasteiger partial charge in [0.15, 0.2) is 17.6 Å². The maximum atomic E-state index is 13.5. The normalized spacial score (nSPS) is 12.3. The Balaban J connectivity index is 1.73. The predicted octanol–water partition coefficient (Wildman–Crippen LogP) is 4.52. The number of ether oxygens (including phenoxy) is 3. The van der Waals surface area contributed by atoms with E-state index in [0.717, 1.165) is 0 Å². The maximum absolute atomic E-state index is 13.5. The minimum Gasteiger partial charge on any atom is -0.493 e. The molecule has 0 fully saturated rings. The Morgan fingerprint density at radius 1 is 1.06 bits per heavy atom. The smallest absolute Gasteiger partial charge is 0.417 e. The highest BCUT2D eigenvalue weighted by molar-refractivity contribution is 6.30. The second-order valence-corrected chi connectivity index (χ2v) is 7.22. The highest BCUT2D eigenvalue weighted by atomic mass is 35.5. The summed E-state index contributed by atoms with van der Waals surface area (Å²) in [5.74, 6) is -0.297. The molecule has 2 aromatic carbocycles. The highest BCUT2D eigenvalue weighted by Crippen LogP contribution is 2.30. The second-order valence-electron chi connectivity index (χ2n) is 6.81. The molecule has 0 aliphatic rings. The standard InChI is InChI=1S/C22H18ClF4NO5/c1-31-19-9-14(3-5-18(19)33-12-20(29)22(25,26)27)28-7-6-15(10-21(28)30)32-11-13-2-4-16(23)17(24)8-13/h2-10,20,29H,11-12H2,1H3. The van der Waals surface area contributed by atoms with Crippen molar-refractivity contribution in [2.75, 3.05) is 13.7 Å². The van der Waals surface area contributed by atoms with Gasteiger partial charge in [-0.1, -0.05) is 17.7 Å². The lowest BCUT2D eigenvalue weighted by Crippen LogP contribution is -2.34. The summed E-state index contributed by atoms with van der Waals surface area (Å²) in [6.45, 7) is -0.996. The Hall–Kier alpha value is -3.24. The Bertz CT molecular complexity index is 1180. The molecule has 1 atom stereocenters. The SMILES string of the molecule is COc1cc(-n2ccc(OCc3ccc(Cl)c(F)c3)cc2=O)ccc1OCC(O)C(F)(F)F. The molecule has 176 valence electrons. The number of hydrogen-bond acceptors (Lipinski definition) is 5. The van der Waals surface area contributed by atoms with Crippen LogP contribution in [-0.2, 0) is 6.61 Å². The maximum Gasteiger partial charge on any atom is 0.417 e. The third kappa shape index (κ3) is 6.17. The molecule has 0 saturated heterocycles. The Morgan fingerprint density at radius 3 is 2.45 bits per heavy atom. The van der Waals surface area contributed by atoms with Crippen molar-refractivity contribution in [3.63, 3.8) is 0 Å². The van der Waals surface area contributed by atoms with Crippen molar-refractivity contribution in [1.82, 2.24) is 4.57 Å². The van der Waals surface area contributed by atoms with Crippen LogP contribution in [0.5, 0.6) is 17.2 Å². The van der Waals surface area contributed by atoms with Crippen molar-refractivity contribution < 1.29 is 36.9 Å². The van der Waals surface area contributed by atoms with Gasteiger partial charge in [0.1, 0.15) is 24.8 Å². The van der Waals surface area contributed by atoms with Crippen LogP contribution in [0.2, 0.25) is 5.02 Å². The van der Waals surface area contributed by atoms with Gasteiger partial charge in [-0.3, -0.25) is 9.36 Å². The quantitative estimate of drug-likeness (QED) is 0.473. The number of aliphatic hydroxyl groups is 1. The van der Waals surface area contributed by atoms with Crippen LogP contribution in [0.15, 0.2) is 59.5 Å². The summed E-state index contributed by atoms with van der Waals surface area (Å²) in [4.78, 5) is 12.5. The summed E-state index contributed by atoms with van der Waals surface area (Å²) in [6, 6.07) is 11.1. The zero-order valence-corrected chi connectivity index (χ0v) is 17.9. The van der Waals surface area contributed by atoms with Gasteiger partial charge in [-0.2, -0.15) is 13.2 Å². The molecule has 0 saturated carbocycles. The molecule has 1 unspecified atom stereocenters. The van der Waals surface area contributed by atoms with Crippen molar-refractivity contribution in [2.45, 2.75) is 18.9 Å². The van der Waals surface area contributed by atoms with E-state index in [2.05, 4.69) is 0 Å². The van der Waals surface area contributed by atoms with Crippen LogP contribution in [0.25, 0.3) is 5.69 Å². The van der Waals surface area contributed by atoms with Gasteiger partial charge in [0.05, 0.1) is 17.8 Å². The molecule has 0 radical (unpaired) electrons. The third-order valence-electron chi connectivity index (χ3n) is 4.48. The van der Waals surface area contributed by atoms with E-state index in [0.29, 0.717) is 11.3 Å². The van der Waals surface area contributed by atoms with E-state index in [-0.39, 0.29) is 28.9 Å². The largest absolute Gasteiger partial charge is 0.493 e. The summed E-state index contributed by atoms with van der Waals surface area (Å²) < 4.78 is 67.8. The number of rotatable bonds is 8. The molecule has 3 rings (SSSR count). The number of hydrogen-bond donors (Lipinski definition) is 1. The van der Waals surface area contributed by atoms with Gasteiger partial charge >= 0.3 is 6.18 Å². The fourth-order valence-corrected chi connectivity index (χ4v) is 2.87. The first-order valence-electron chi connectivity index (χ1n) is 9.44. The molecule has 11 heteroatoms. The van der Waals surface area contributed by atoms with Gasteiger partial charge in [-0.25, -0.2) is 4.39 Å². The molecule has 0 spiro atoms. The summed E-state index contributed by atoms with van der Waals surface area (Å²) in [5, 5.41) is 9.07. The van der Waals surface area contributed by atoms with Crippen LogP contribution in [0.3, 0.4) is 0 Å². The van der Waals surface area contributed by atoms with Crippen molar-refractivity contribution >= 4 is 11.6 Å². The number of halogens is 5. The van der Waals surface area contributed by atoms with E-state index >= 15 is 0 Å². The Labute approximate surface area is 190 Å². The molecular formula is C22H18ClF4NO5. The third-order valence-corrected chi connectivity index (χ3v) is 4.79. The number of methoxy groups -OCH3 is 1. The first-order chi connectivity index (χ1) is 15.6. The van der Waals surface area contributed by atoms with Gasteiger partial charge in [0, 0.05) is 18.3 Å². The first-order valence-corrected chi connectivity index (χ1v) is 9.81. The minimum atomic E-state index is -4.81. The predicted molar refractivity (Wildman–Crippen MR) is 112 cm³/mol. The van der Waals surface area contributed by atoms with E-state index in [9.17, 15) is 22.4 Å². The molecule has 0 bridgehead atoms. The van der Waals surface area contributed by atoms with E-state index in [1.807, 2.05) is 0 Å². The molecule has 1 aromatic heterocycles. The molecular weight excluding hydrogens is 470 g/mol. The average molecular weight is 488 g/mol. The van der Waals surface area contributed by atoms with E-state index in [4.69, 9.17) is 30.9 Å². The van der Waals surface area contributed by atoms with E-state index in [1.165, 1.54) is 60.3 Å². The lowest BCUT2D eigenvalue weighted by molar-refractivity contribution is -0.210. The lowest BCUT2D eigenvalue weighted by Gasteiger charge is -2.17. The monoisotopic (exact) mass is 487 g/mol. The summed E-state index contributed by atoms with van der Waals surface area (Å²) >= 11 is 5.64. The summed E-state index contributed by atoms with van der Waals surface area (Å²) in [5.41, 5.74) is 0.418. The number of pyridine rings is 1. The molecule has 1 N–H and O–H groups in total. The summed E-state index contributed by atoms with van der Waals surface area (Å²) in [7, 11) is 1.28. The van der Waals surface area contributed by atoms with Crippen LogP contribution in [-0.4, -0.2) is 35.7 Å². The molecule has 33 heavy (non-hydrogen) atoms. The topological polar surface area (TPSA) is 69.9 Å². The molecule has 0 amide bonds. The molecule has 0 aliphatic carbocycles. The average Bonchev–Trinajstić information content (AvgIpc) is 2.77. The molecule has 0 aliphatic heterocycles. The molecule has 3 aromatic rings. The van der Waals surface area contributed by atoms with Crippen LogP contribution >= 0.6 is 11.6 Å². The zero-order chi connectivity index (χ0) is 24.2. The highest BCUT2D eigenvalue weighted by Gasteiger charge is 2.38. The number of aliphatic hydroxyl groups excluding tert-OH is 1. The molecule has 6 nitrogen and oxygen atoms in total. The fraction of sp³-hybridized carbons (Fsp3) is 0.227. The number of benzene rings is 2. The van der Waals surface area contributed by atoms with Gasteiger partial charge in [-0.05, 0) is 35.9 Å². The fourth-order valence-electron chi connectivity index (χ4n) is 2.75. The Morgan fingerprint density at radius 2 is 1.82 bits per heavy atom. The second kappa shape index (κ2) is 10.1. The van der Waals surface area contributed by atoms with Crippen LogP contribution in [0.4, 0.5) is 17.6 Å². The van der Waals surface area contributed by atoms with Crippen molar-refractivity contribution in [3.05, 3.63) is 81.5 Å². The van der Waals surface area contributed by atoms with Gasteiger partial charge in [0.2, 0.25) is 0 Å². The molecule has 1 heterocycles. The van der Waals surface area contributed by atoms with Gasteiger partial charge < -0.3 is 19.3 Å². The van der Waals surface area contributed by atoms with E-state index < -0.39 is 30.3 Å². The van der Waals surface area contributed by atoms with Crippen LogP contribution in [0.1, 0.15) is 5.56 Å².